The Bertz CT molecular complexity index is 737. The monoisotopic (exact) mass is 408 g/mol. The van der Waals surface area contributed by atoms with E-state index in [9.17, 15) is 19.5 Å². The van der Waals surface area contributed by atoms with E-state index in [1.165, 1.54) is 6.92 Å². The van der Waals surface area contributed by atoms with Crippen molar-refractivity contribution in [2.75, 3.05) is 6.61 Å². The van der Waals surface area contributed by atoms with Gasteiger partial charge in [0.2, 0.25) is 0 Å². The summed E-state index contributed by atoms with van der Waals surface area (Å²) in [5.74, 6) is -1.70. The van der Waals surface area contributed by atoms with Crippen molar-refractivity contribution in [2.45, 2.75) is 83.9 Å². The molecule has 1 N–H and O–H groups in total. The Morgan fingerprint density at radius 2 is 1.83 bits per heavy atom. The van der Waals surface area contributed by atoms with Crippen LogP contribution < -0.4 is 0 Å². The third-order valence-electron chi connectivity index (χ3n) is 9.27. The third-order valence-corrected chi connectivity index (χ3v) is 9.27. The Hall–Kier alpha value is -1.30. The zero-order valence-corrected chi connectivity index (χ0v) is 17.7. The number of aliphatic hydroxyl groups excluding tert-OH is 1. The van der Waals surface area contributed by atoms with E-state index >= 15 is 4.39 Å². The summed E-state index contributed by atoms with van der Waals surface area (Å²) in [5.41, 5.74) is -3.16. The molecule has 0 aromatic carbocycles. The van der Waals surface area contributed by atoms with Crippen molar-refractivity contribution in [2.24, 2.45) is 34.5 Å². The molecule has 29 heavy (non-hydrogen) atoms. The lowest BCUT2D eigenvalue weighted by atomic mass is 9.42. The van der Waals surface area contributed by atoms with Crippen LogP contribution in [0, 0.1) is 34.5 Å². The molecule has 162 valence electrons. The van der Waals surface area contributed by atoms with Crippen LogP contribution in [0.2, 0.25) is 0 Å². The molecule has 4 rings (SSSR count). The third kappa shape index (κ3) is 2.84. The Labute approximate surface area is 171 Å². The first-order chi connectivity index (χ1) is 13.5. The Kier molecular flexibility index (Phi) is 4.96. The summed E-state index contributed by atoms with van der Waals surface area (Å²) >= 11 is 0. The number of carbonyl (C=O) groups is 3. The van der Waals surface area contributed by atoms with Crippen LogP contribution in [0.5, 0.6) is 0 Å². The van der Waals surface area contributed by atoms with Crippen molar-refractivity contribution < 1.29 is 28.6 Å². The number of Topliss-reactive ketones (excluding diaryl/α,β-unsaturated/α-hetero) is 2. The fraction of sp³-hybridized carbons (Fsp3) is 0.870. The summed E-state index contributed by atoms with van der Waals surface area (Å²) in [6, 6.07) is 0. The maximum atomic E-state index is 16.9. The summed E-state index contributed by atoms with van der Waals surface area (Å²) in [6.07, 6.45) is 4.17. The van der Waals surface area contributed by atoms with Gasteiger partial charge in [-0.3, -0.25) is 14.4 Å². The van der Waals surface area contributed by atoms with Crippen molar-refractivity contribution in [3.63, 3.8) is 0 Å². The van der Waals surface area contributed by atoms with Crippen molar-refractivity contribution >= 4 is 17.5 Å². The SMILES string of the molecule is CC(=O)OCC(=O)[C@H]1CC[C@H]2[C@@H]3CC[C@H]4C[C@H](O)CC[C@]4(C)[C@@]3(F)C(=O)C[C@]12C. The average Bonchev–Trinajstić information content (AvgIpc) is 2.98. The highest BCUT2D eigenvalue weighted by atomic mass is 19.1. The second-order valence-electron chi connectivity index (χ2n) is 10.5. The van der Waals surface area contributed by atoms with Crippen LogP contribution in [0.25, 0.3) is 0 Å². The van der Waals surface area contributed by atoms with Crippen LogP contribution in [-0.2, 0) is 19.1 Å². The normalized spacial score (nSPS) is 49.0. The lowest BCUT2D eigenvalue weighted by molar-refractivity contribution is -0.201. The number of hydrogen-bond acceptors (Lipinski definition) is 5. The second kappa shape index (κ2) is 6.86. The molecule has 6 heteroatoms. The number of carbonyl (C=O) groups excluding carboxylic acids is 3. The zero-order chi connectivity index (χ0) is 21.2. The van der Waals surface area contributed by atoms with E-state index in [0.29, 0.717) is 32.1 Å². The first-order valence-electron chi connectivity index (χ1n) is 11.1. The molecule has 0 bridgehead atoms. The highest BCUT2D eigenvalue weighted by Crippen LogP contribution is 2.69. The van der Waals surface area contributed by atoms with Gasteiger partial charge in [0.1, 0.15) is 6.61 Å². The number of ether oxygens (including phenoxy) is 1. The molecule has 0 radical (unpaired) electrons. The lowest BCUT2D eigenvalue weighted by Gasteiger charge is -2.62. The van der Waals surface area contributed by atoms with Crippen LogP contribution in [0.1, 0.15) is 72.1 Å². The summed E-state index contributed by atoms with van der Waals surface area (Å²) in [4.78, 5) is 37.3. The Morgan fingerprint density at radius 1 is 1.14 bits per heavy atom. The van der Waals surface area contributed by atoms with Gasteiger partial charge in [-0.1, -0.05) is 13.8 Å². The molecule has 4 saturated carbocycles. The second-order valence-corrected chi connectivity index (χ2v) is 10.5. The van der Waals surface area contributed by atoms with Gasteiger partial charge in [-0.25, -0.2) is 4.39 Å². The number of hydrogen-bond donors (Lipinski definition) is 1. The number of rotatable bonds is 3. The predicted molar refractivity (Wildman–Crippen MR) is 104 cm³/mol. The number of esters is 1. The van der Waals surface area contributed by atoms with Crippen molar-refractivity contribution in [3.8, 4) is 0 Å². The standard InChI is InChI=1S/C23H33FO5/c1-13(25)29-12-19(27)18-7-6-16-17-5-4-14-10-15(26)8-9-22(14,3)23(17,24)20(28)11-21(16,18)2/h14-18,26H,4-12H2,1-3H3/t14-,15+,16-,17-,18+,21-,22-,23-/m0/s1. The highest BCUT2D eigenvalue weighted by Gasteiger charge is 2.72. The van der Waals surface area contributed by atoms with Gasteiger partial charge in [0.05, 0.1) is 6.10 Å². The van der Waals surface area contributed by atoms with Crippen LogP contribution in [0.3, 0.4) is 0 Å². The Morgan fingerprint density at radius 3 is 2.52 bits per heavy atom. The molecule has 0 saturated heterocycles. The highest BCUT2D eigenvalue weighted by molar-refractivity contribution is 5.92. The molecule has 0 spiro atoms. The summed E-state index contributed by atoms with van der Waals surface area (Å²) < 4.78 is 21.8. The molecule has 4 aliphatic carbocycles. The first kappa shape index (κ1) is 21.0. The van der Waals surface area contributed by atoms with E-state index in [1.807, 2.05) is 13.8 Å². The molecule has 4 fully saturated rings. The largest absolute Gasteiger partial charge is 0.458 e. The van der Waals surface area contributed by atoms with Crippen LogP contribution in [0.4, 0.5) is 4.39 Å². The number of aliphatic hydroxyl groups is 1. The number of halogens is 1. The molecule has 0 aromatic rings. The fourth-order valence-corrected chi connectivity index (χ4v) is 7.76. The van der Waals surface area contributed by atoms with E-state index in [0.717, 1.165) is 12.8 Å². The van der Waals surface area contributed by atoms with Gasteiger partial charge in [0, 0.05) is 30.6 Å². The number of alkyl halides is 1. The van der Waals surface area contributed by atoms with E-state index in [-0.39, 0.29) is 48.3 Å². The summed E-state index contributed by atoms with van der Waals surface area (Å²) in [5, 5.41) is 10.1. The Balaban J connectivity index is 1.64. The fourth-order valence-electron chi connectivity index (χ4n) is 7.76. The van der Waals surface area contributed by atoms with Crippen LogP contribution >= 0.6 is 0 Å². The molecule has 0 unspecified atom stereocenters. The topological polar surface area (TPSA) is 80.7 Å². The summed E-state index contributed by atoms with van der Waals surface area (Å²) in [7, 11) is 0. The predicted octanol–water partition coefficient (Wildman–Crippen LogP) is 3.41. The van der Waals surface area contributed by atoms with Crippen molar-refractivity contribution in [3.05, 3.63) is 0 Å². The summed E-state index contributed by atoms with van der Waals surface area (Å²) in [6.45, 7) is 4.90. The molecule has 0 amide bonds. The van der Waals surface area contributed by atoms with Crippen molar-refractivity contribution in [1.29, 1.82) is 0 Å². The van der Waals surface area contributed by atoms with E-state index in [4.69, 9.17) is 4.74 Å². The van der Waals surface area contributed by atoms with Gasteiger partial charge in [-0.15, -0.1) is 0 Å². The smallest absolute Gasteiger partial charge is 0.303 e. The van der Waals surface area contributed by atoms with Gasteiger partial charge in [0.25, 0.3) is 0 Å². The molecular weight excluding hydrogens is 375 g/mol. The molecule has 5 nitrogen and oxygen atoms in total. The quantitative estimate of drug-likeness (QED) is 0.724. The molecule has 0 aliphatic heterocycles. The van der Waals surface area contributed by atoms with E-state index in [1.54, 1.807) is 0 Å². The van der Waals surface area contributed by atoms with Crippen LogP contribution in [0.15, 0.2) is 0 Å². The van der Waals surface area contributed by atoms with Gasteiger partial charge in [0.15, 0.2) is 17.2 Å². The zero-order valence-electron chi connectivity index (χ0n) is 17.7. The molecule has 0 aromatic heterocycles. The molecule has 0 heterocycles. The van der Waals surface area contributed by atoms with Crippen molar-refractivity contribution in [1.82, 2.24) is 0 Å². The molecular formula is C23H33FO5. The van der Waals surface area contributed by atoms with Crippen LogP contribution in [-0.4, -0.2) is 41.0 Å². The minimum atomic E-state index is -1.87. The van der Waals surface area contributed by atoms with Gasteiger partial charge in [-0.05, 0) is 62.2 Å². The maximum Gasteiger partial charge on any atom is 0.303 e. The molecule has 8 atom stereocenters. The number of fused-ring (bicyclic) bond motifs is 5. The van der Waals surface area contributed by atoms with E-state index in [2.05, 4.69) is 0 Å². The van der Waals surface area contributed by atoms with E-state index < -0.39 is 28.6 Å². The minimum absolute atomic E-state index is 0.0129. The minimum Gasteiger partial charge on any atom is -0.458 e. The van der Waals surface area contributed by atoms with Gasteiger partial charge in [-0.2, -0.15) is 0 Å². The first-order valence-corrected chi connectivity index (χ1v) is 11.1. The average molecular weight is 409 g/mol. The lowest BCUT2D eigenvalue weighted by Crippen LogP contribution is -2.68. The molecule has 4 aliphatic rings. The maximum absolute atomic E-state index is 16.9. The number of ketones is 2. The van der Waals surface area contributed by atoms with Gasteiger partial charge < -0.3 is 9.84 Å². The van der Waals surface area contributed by atoms with Gasteiger partial charge >= 0.3 is 5.97 Å².